The molecule has 0 N–H and O–H groups in total. The highest BCUT2D eigenvalue weighted by molar-refractivity contribution is 6.46. The lowest BCUT2D eigenvalue weighted by Crippen LogP contribution is -2.34. The molecule has 1 heterocycles. The second-order valence-corrected chi connectivity index (χ2v) is 7.46. The number of benzene rings is 3. The molecule has 0 unspecified atom stereocenters. The van der Waals surface area contributed by atoms with E-state index >= 15 is 0 Å². The quantitative estimate of drug-likeness (QED) is 0.560. The van der Waals surface area contributed by atoms with Gasteiger partial charge in [0.2, 0.25) is 0 Å². The van der Waals surface area contributed by atoms with Crippen LogP contribution in [-0.2, 0) is 9.59 Å². The predicted molar refractivity (Wildman–Crippen MR) is 117 cm³/mol. The second kappa shape index (κ2) is 7.80. The largest absolute Gasteiger partial charge is 0.339 e. The summed E-state index contributed by atoms with van der Waals surface area (Å²) < 4.78 is 28.0. The third-order valence-corrected chi connectivity index (χ3v) is 5.48. The predicted octanol–water partition coefficient (Wildman–Crippen LogP) is 5.00. The molecule has 0 aliphatic carbocycles. The molecule has 4 nitrogen and oxygen atoms in total. The molecule has 0 radical (unpaired) electrons. The van der Waals surface area contributed by atoms with E-state index in [4.69, 9.17) is 0 Å². The molecule has 0 saturated heterocycles. The smallest absolute Gasteiger partial charge is 0.282 e. The Bertz CT molecular complexity index is 1240. The Kier molecular flexibility index (Phi) is 5.15. The summed E-state index contributed by atoms with van der Waals surface area (Å²) in [4.78, 5) is 29.3. The van der Waals surface area contributed by atoms with Crippen LogP contribution in [0.5, 0.6) is 0 Å². The number of likely N-dealkylation sites (N-methyl/N-ethyl adjacent to an activating group) is 1. The number of para-hydroxylation sites is 1. The Morgan fingerprint density at radius 2 is 1.52 bits per heavy atom. The summed E-state index contributed by atoms with van der Waals surface area (Å²) in [7, 11) is 1.68. The second-order valence-electron chi connectivity index (χ2n) is 7.46. The van der Waals surface area contributed by atoms with E-state index in [1.807, 2.05) is 56.3 Å². The van der Waals surface area contributed by atoms with Gasteiger partial charge in [-0.2, -0.15) is 0 Å². The van der Waals surface area contributed by atoms with Gasteiger partial charge in [-0.05, 0) is 54.8 Å². The van der Waals surface area contributed by atoms with Crippen LogP contribution in [0.1, 0.15) is 16.7 Å². The molecule has 1 aliphatic rings. The van der Waals surface area contributed by atoms with Crippen molar-refractivity contribution in [3.8, 4) is 0 Å². The zero-order chi connectivity index (χ0) is 22.3. The third-order valence-electron chi connectivity index (χ3n) is 5.48. The molecule has 2 amide bonds. The molecular weight excluding hydrogens is 398 g/mol. The number of rotatable bonds is 4. The first kappa shape index (κ1) is 20.5. The van der Waals surface area contributed by atoms with Gasteiger partial charge in [0.25, 0.3) is 11.8 Å². The van der Waals surface area contributed by atoms with Crippen molar-refractivity contribution >= 4 is 28.8 Å². The number of hydrogen-bond donors (Lipinski definition) is 0. The van der Waals surface area contributed by atoms with E-state index in [2.05, 4.69) is 0 Å². The standard InChI is InChI=1S/C25H20F2N2O2/c1-15-9-10-17(13-16(15)2)22-23(28(3)19-7-5-4-6-8-19)25(31)29(24(22)30)21-12-11-18(26)14-20(21)27/h4-14H,1-3H3. The number of carbonyl (C=O) groups is 2. The Hall–Kier alpha value is -3.80. The molecule has 0 spiro atoms. The van der Waals surface area contributed by atoms with Crippen LogP contribution < -0.4 is 9.80 Å². The van der Waals surface area contributed by atoms with Crippen molar-refractivity contribution in [1.29, 1.82) is 0 Å². The van der Waals surface area contributed by atoms with E-state index in [1.54, 1.807) is 18.0 Å². The number of nitrogens with zero attached hydrogens (tertiary/aromatic N) is 2. The van der Waals surface area contributed by atoms with Crippen LogP contribution in [0.2, 0.25) is 0 Å². The summed E-state index contributed by atoms with van der Waals surface area (Å²) in [6.07, 6.45) is 0. The first-order valence-electron chi connectivity index (χ1n) is 9.74. The molecule has 31 heavy (non-hydrogen) atoms. The monoisotopic (exact) mass is 418 g/mol. The van der Waals surface area contributed by atoms with Gasteiger partial charge < -0.3 is 4.90 Å². The number of anilines is 2. The van der Waals surface area contributed by atoms with Gasteiger partial charge in [0.05, 0.1) is 11.3 Å². The molecular formula is C25H20F2N2O2. The lowest BCUT2D eigenvalue weighted by Gasteiger charge is -2.21. The SMILES string of the molecule is Cc1ccc(C2=C(N(C)c3ccccc3)C(=O)N(c3ccc(F)cc3F)C2=O)cc1C. The molecule has 4 rings (SSSR count). The molecule has 0 saturated carbocycles. The van der Waals surface area contributed by atoms with E-state index in [1.165, 1.54) is 0 Å². The van der Waals surface area contributed by atoms with Crippen molar-refractivity contribution in [3.63, 3.8) is 0 Å². The molecule has 156 valence electrons. The van der Waals surface area contributed by atoms with Gasteiger partial charge in [0.1, 0.15) is 17.3 Å². The molecule has 6 heteroatoms. The highest BCUT2D eigenvalue weighted by atomic mass is 19.1. The lowest BCUT2D eigenvalue weighted by molar-refractivity contribution is -0.120. The Morgan fingerprint density at radius 3 is 2.16 bits per heavy atom. The number of hydrogen-bond acceptors (Lipinski definition) is 3. The zero-order valence-electron chi connectivity index (χ0n) is 17.3. The minimum Gasteiger partial charge on any atom is -0.339 e. The molecule has 0 aromatic heterocycles. The Balaban J connectivity index is 1.91. The van der Waals surface area contributed by atoms with Gasteiger partial charge in [0.15, 0.2) is 0 Å². The van der Waals surface area contributed by atoms with Gasteiger partial charge >= 0.3 is 0 Å². The van der Waals surface area contributed by atoms with Crippen LogP contribution in [0, 0.1) is 25.5 Å². The first-order valence-corrected chi connectivity index (χ1v) is 9.74. The fraction of sp³-hybridized carbons (Fsp3) is 0.120. The van der Waals surface area contributed by atoms with Crippen LogP contribution in [0.4, 0.5) is 20.2 Å². The summed E-state index contributed by atoms with van der Waals surface area (Å²) in [6, 6.07) is 17.4. The van der Waals surface area contributed by atoms with Gasteiger partial charge in [0, 0.05) is 18.8 Å². The van der Waals surface area contributed by atoms with Gasteiger partial charge in [-0.1, -0.05) is 36.4 Å². The van der Waals surface area contributed by atoms with Crippen molar-refractivity contribution in [2.45, 2.75) is 13.8 Å². The topological polar surface area (TPSA) is 40.6 Å². The van der Waals surface area contributed by atoms with Crippen molar-refractivity contribution in [2.75, 3.05) is 16.8 Å². The van der Waals surface area contributed by atoms with E-state index in [0.29, 0.717) is 17.3 Å². The van der Waals surface area contributed by atoms with Gasteiger partial charge in [-0.15, -0.1) is 0 Å². The van der Waals surface area contributed by atoms with Crippen LogP contribution >= 0.6 is 0 Å². The molecule has 0 bridgehead atoms. The van der Waals surface area contributed by atoms with Crippen LogP contribution in [-0.4, -0.2) is 18.9 Å². The summed E-state index contributed by atoms with van der Waals surface area (Å²) >= 11 is 0. The third kappa shape index (κ3) is 3.50. The molecule has 1 aliphatic heterocycles. The summed E-state index contributed by atoms with van der Waals surface area (Å²) in [5.41, 5.74) is 3.27. The highest BCUT2D eigenvalue weighted by Gasteiger charge is 2.43. The van der Waals surface area contributed by atoms with E-state index in [-0.39, 0.29) is 17.0 Å². The molecule has 3 aromatic rings. The number of amides is 2. The maximum atomic E-state index is 14.5. The van der Waals surface area contributed by atoms with E-state index < -0.39 is 23.4 Å². The van der Waals surface area contributed by atoms with Crippen molar-refractivity contribution in [1.82, 2.24) is 0 Å². The van der Waals surface area contributed by atoms with E-state index in [0.717, 1.165) is 28.2 Å². The van der Waals surface area contributed by atoms with Crippen molar-refractivity contribution < 1.29 is 18.4 Å². The Labute approximate surface area is 179 Å². The summed E-state index contributed by atoms with van der Waals surface area (Å²) in [5, 5.41) is 0. The first-order chi connectivity index (χ1) is 14.8. The number of imide groups is 1. The molecule has 0 fully saturated rings. The van der Waals surface area contributed by atoms with Gasteiger partial charge in [-0.25, -0.2) is 13.7 Å². The highest BCUT2D eigenvalue weighted by Crippen LogP contribution is 2.37. The zero-order valence-corrected chi connectivity index (χ0v) is 17.3. The maximum absolute atomic E-state index is 14.5. The Morgan fingerprint density at radius 1 is 0.806 bits per heavy atom. The fourth-order valence-corrected chi connectivity index (χ4v) is 3.65. The van der Waals surface area contributed by atoms with Crippen LogP contribution in [0.25, 0.3) is 5.57 Å². The van der Waals surface area contributed by atoms with Crippen LogP contribution in [0.3, 0.4) is 0 Å². The average molecular weight is 418 g/mol. The number of aryl methyl sites for hydroxylation is 2. The maximum Gasteiger partial charge on any atom is 0.282 e. The lowest BCUT2D eigenvalue weighted by atomic mass is 9.99. The number of carbonyl (C=O) groups excluding carboxylic acids is 2. The fourth-order valence-electron chi connectivity index (χ4n) is 3.65. The summed E-state index contributed by atoms with van der Waals surface area (Å²) in [6.45, 7) is 3.87. The van der Waals surface area contributed by atoms with Gasteiger partial charge in [-0.3, -0.25) is 9.59 Å². The minimum absolute atomic E-state index is 0.128. The average Bonchev–Trinajstić information content (AvgIpc) is 3.00. The van der Waals surface area contributed by atoms with E-state index in [9.17, 15) is 18.4 Å². The molecule has 3 aromatic carbocycles. The minimum atomic E-state index is -0.982. The molecule has 0 atom stereocenters. The normalized spacial score (nSPS) is 13.9. The summed E-state index contributed by atoms with van der Waals surface area (Å²) in [5.74, 6) is -3.10. The van der Waals surface area contributed by atoms with Crippen molar-refractivity contribution in [3.05, 3.63) is 101 Å². The van der Waals surface area contributed by atoms with Crippen LogP contribution in [0.15, 0.2) is 72.4 Å². The number of halogens is 2. The van der Waals surface area contributed by atoms with Crippen molar-refractivity contribution in [2.24, 2.45) is 0 Å².